The molecular weight excluding hydrogens is 360 g/mol. The van der Waals surface area contributed by atoms with Crippen LogP contribution in [0.15, 0.2) is 42.5 Å². The maximum atomic E-state index is 12.3. The lowest BCUT2D eigenvalue weighted by Crippen LogP contribution is -2.45. The average Bonchev–Trinajstić information content (AvgIpc) is 2.87. The first-order valence-corrected chi connectivity index (χ1v) is 12.2. The molecule has 1 aromatic carbocycles. The fourth-order valence-corrected chi connectivity index (χ4v) is 4.31. The van der Waals surface area contributed by atoms with E-state index < -0.39 is 14.4 Å². The van der Waals surface area contributed by atoms with Gasteiger partial charge in [-0.25, -0.2) is 4.79 Å². The normalized spacial score (nSPS) is 23.1. The summed E-state index contributed by atoms with van der Waals surface area (Å²) in [4.78, 5) is 23.1. The third-order valence-electron chi connectivity index (χ3n) is 5.66. The third-order valence-corrected chi connectivity index (χ3v) is 10.2. The van der Waals surface area contributed by atoms with Gasteiger partial charge in [0.25, 0.3) is 6.47 Å². The van der Waals surface area contributed by atoms with Crippen LogP contribution in [-0.2, 0) is 18.7 Å². The highest BCUT2D eigenvalue weighted by Crippen LogP contribution is 2.42. The van der Waals surface area contributed by atoms with E-state index in [1.54, 1.807) is 24.3 Å². The minimum atomic E-state index is -2.04. The average molecular weight is 391 g/mol. The Morgan fingerprint density at radius 3 is 2.44 bits per heavy atom. The van der Waals surface area contributed by atoms with Gasteiger partial charge in [0.15, 0.2) is 8.32 Å². The predicted octanol–water partition coefficient (Wildman–Crippen LogP) is 4.35. The van der Waals surface area contributed by atoms with Gasteiger partial charge in [-0.2, -0.15) is 0 Å². The molecule has 3 atom stereocenters. The molecule has 1 aliphatic carbocycles. The summed E-state index contributed by atoms with van der Waals surface area (Å²) in [5.41, 5.74) is 1.25. The Morgan fingerprint density at radius 1 is 1.26 bits per heavy atom. The van der Waals surface area contributed by atoms with Gasteiger partial charge in [0.1, 0.15) is 12.7 Å². The topological polar surface area (TPSA) is 61.8 Å². The van der Waals surface area contributed by atoms with Gasteiger partial charge in [0.05, 0.1) is 11.7 Å². The van der Waals surface area contributed by atoms with Crippen molar-refractivity contribution < 1.29 is 23.5 Å². The van der Waals surface area contributed by atoms with Crippen molar-refractivity contribution in [3.63, 3.8) is 0 Å². The number of esters is 1. The molecule has 1 fully saturated rings. The molecule has 0 aliphatic heterocycles. The van der Waals surface area contributed by atoms with Crippen molar-refractivity contribution in [1.82, 2.24) is 0 Å². The van der Waals surface area contributed by atoms with Crippen LogP contribution in [0.4, 0.5) is 0 Å². The van der Waals surface area contributed by atoms with Crippen LogP contribution in [0.25, 0.3) is 0 Å². The van der Waals surface area contributed by atoms with E-state index in [0.717, 1.165) is 5.57 Å². The summed E-state index contributed by atoms with van der Waals surface area (Å²) in [6.07, 6.45) is -0.0536. The van der Waals surface area contributed by atoms with E-state index in [-0.39, 0.29) is 29.6 Å². The number of carbonyl (C=O) groups excluding carboxylic acids is 2. The molecule has 0 amide bonds. The van der Waals surface area contributed by atoms with Gasteiger partial charge >= 0.3 is 5.97 Å². The second-order valence-electron chi connectivity index (χ2n) is 8.52. The fraction of sp³-hybridized carbons (Fsp3) is 0.524. The lowest BCUT2D eigenvalue weighted by atomic mass is 10.0. The molecule has 0 unspecified atom stereocenters. The van der Waals surface area contributed by atoms with Gasteiger partial charge in [-0.05, 0) is 35.8 Å². The number of rotatable bonds is 7. The Bertz CT molecular complexity index is 678. The minimum Gasteiger partial charge on any atom is -0.461 e. The van der Waals surface area contributed by atoms with Crippen molar-refractivity contribution >= 4 is 20.8 Å². The zero-order valence-electron chi connectivity index (χ0n) is 16.9. The first-order chi connectivity index (χ1) is 12.6. The van der Waals surface area contributed by atoms with E-state index in [0.29, 0.717) is 18.5 Å². The molecule has 0 bridgehead atoms. The Morgan fingerprint density at radius 2 is 1.89 bits per heavy atom. The van der Waals surface area contributed by atoms with Gasteiger partial charge in [0.2, 0.25) is 0 Å². The van der Waals surface area contributed by atoms with E-state index in [1.807, 2.05) is 6.07 Å². The Labute approximate surface area is 162 Å². The van der Waals surface area contributed by atoms with E-state index in [9.17, 15) is 9.59 Å². The highest BCUT2D eigenvalue weighted by atomic mass is 28.4. The van der Waals surface area contributed by atoms with E-state index >= 15 is 0 Å². The van der Waals surface area contributed by atoms with Gasteiger partial charge < -0.3 is 13.9 Å². The van der Waals surface area contributed by atoms with Crippen LogP contribution < -0.4 is 0 Å². The van der Waals surface area contributed by atoms with Crippen molar-refractivity contribution in [2.45, 2.75) is 57.5 Å². The lowest BCUT2D eigenvalue weighted by molar-refractivity contribution is -0.132. The molecule has 0 N–H and O–H groups in total. The van der Waals surface area contributed by atoms with Crippen LogP contribution in [0.3, 0.4) is 0 Å². The summed E-state index contributed by atoms with van der Waals surface area (Å²) in [6, 6.07) is 8.87. The Balaban J connectivity index is 2.12. The third kappa shape index (κ3) is 5.08. The summed E-state index contributed by atoms with van der Waals surface area (Å²) in [5.74, 6) is -0.578. The molecule has 27 heavy (non-hydrogen) atoms. The van der Waals surface area contributed by atoms with Gasteiger partial charge in [-0.15, -0.1) is 0 Å². The monoisotopic (exact) mass is 390 g/mol. The maximum Gasteiger partial charge on any atom is 0.338 e. The molecular formula is C21H30O5Si. The van der Waals surface area contributed by atoms with E-state index in [1.165, 1.54) is 0 Å². The summed E-state index contributed by atoms with van der Waals surface area (Å²) < 4.78 is 17.3. The molecule has 1 aromatic rings. The molecule has 0 aromatic heterocycles. The minimum absolute atomic E-state index is 0.0448. The van der Waals surface area contributed by atoms with Crippen LogP contribution in [0.2, 0.25) is 18.1 Å². The zero-order chi connectivity index (χ0) is 20.2. The standard InChI is InChI=1S/C21H30O5Si/c1-15-17(13-24-20(23)16-10-8-7-9-11-16)19(12-18(15)25-14-22)26-27(5,6)21(2,3)4/h7-11,14,17-19H,1,12-13H2,2-6H3/t17-,18+,19-/m0/s1. The van der Waals surface area contributed by atoms with Gasteiger partial charge in [-0.3, -0.25) is 4.79 Å². The Hall–Kier alpha value is -1.92. The van der Waals surface area contributed by atoms with Crippen molar-refractivity contribution in [2.75, 3.05) is 6.61 Å². The van der Waals surface area contributed by atoms with Crippen LogP contribution >= 0.6 is 0 Å². The largest absolute Gasteiger partial charge is 0.461 e. The predicted molar refractivity (Wildman–Crippen MR) is 107 cm³/mol. The first kappa shape index (κ1) is 21.4. The summed E-state index contributed by atoms with van der Waals surface area (Å²) in [6.45, 7) is 15.6. The number of benzene rings is 1. The summed E-state index contributed by atoms with van der Waals surface area (Å²) in [5, 5.41) is 0.0448. The van der Waals surface area contributed by atoms with Crippen molar-refractivity contribution in [3.8, 4) is 0 Å². The molecule has 0 saturated heterocycles. The lowest BCUT2D eigenvalue weighted by Gasteiger charge is -2.39. The highest BCUT2D eigenvalue weighted by Gasteiger charge is 2.46. The van der Waals surface area contributed by atoms with Crippen LogP contribution in [0.5, 0.6) is 0 Å². The van der Waals surface area contributed by atoms with Crippen molar-refractivity contribution in [2.24, 2.45) is 5.92 Å². The van der Waals surface area contributed by atoms with Crippen LogP contribution in [0.1, 0.15) is 37.6 Å². The van der Waals surface area contributed by atoms with Gasteiger partial charge in [0, 0.05) is 12.3 Å². The van der Waals surface area contributed by atoms with E-state index in [4.69, 9.17) is 13.9 Å². The number of ether oxygens (including phenoxy) is 2. The van der Waals surface area contributed by atoms with Crippen LogP contribution in [0, 0.1) is 5.92 Å². The molecule has 1 aliphatic rings. The molecule has 6 heteroatoms. The molecule has 0 spiro atoms. The van der Waals surface area contributed by atoms with E-state index in [2.05, 4.69) is 40.4 Å². The Kier molecular flexibility index (Phi) is 6.65. The summed E-state index contributed by atoms with van der Waals surface area (Å²) >= 11 is 0. The number of carbonyl (C=O) groups is 2. The fourth-order valence-electron chi connectivity index (χ4n) is 2.94. The molecule has 0 radical (unpaired) electrons. The number of hydrogen-bond donors (Lipinski definition) is 0. The quantitative estimate of drug-likeness (QED) is 0.300. The second-order valence-corrected chi connectivity index (χ2v) is 13.3. The molecule has 0 heterocycles. The maximum absolute atomic E-state index is 12.3. The highest BCUT2D eigenvalue weighted by molar-refractivity contribution is 6.74. The molecule has 5 nitrogen and oxygen atoms in total. The van der Waals surface area contributed by atoms with Crippen molar-refractivity contribution in [1.29, 1.82) is 0 Å². The van der Waals surface area contributed by atoms with Crippen LogP contribution in [-0.4, -0.2) is 39.6 Å². The molecule has 2 rings (SSSR count). The molecule has 148 valence electrons. The second kappa shape index (κ2) is 8.40. The van der Waals surface area contributed by atoms with Gasteiger partial charge in [-0.1, -0.05) is 45.5 Å². The summed E-state index contributed by atoms with van der Waals surface area (Å²) in [7, 11) is -2.04. The number of hydrogen-bond acceptors (Lipinski definition) is 5. The SMILES string of the molecule is C=C1[C@H](OC=O)C[C@H](O[Si](C)(C)C(C)(C)C)[C@H]1COC(=O)c1ccccc1. The smallest absolute Gasteiger partial charge is 0.338 e. The first-order valence-electron chi connectivity index (χ1n) is 9.24. The zero-order valence-corrected chi connectivity index (χ0v) is 17.9. The van der Waals surface area contributed by atoms with Crippen molar-refractivity contribution in [3.05, 3.63) is 48.0 Å². The molecule has 1 saturated carbocycles.